The zero-order valence-corrected chi connectivity index (χ0v) is 11.2. The summed E-state index contributed by atoms with van der Waals surface area (Å²) in [4.78, 5) is 4.44. The molecule has 0 amide bonds. The Labute approximate surface area is 107 Å². The van der Waals surface area contributed by atoms with E-state index in [0.717, 1.165) is 0 Å². The fourth-order valence-corrected chi connectivity index (χ4v) is 3.09. The molecule has 1 aromatic carbocycles. The van der Waals surface area contributed by atoms with Gasteiger partial charge in [-0.15, -0.1) is 0 Å². The maximum Gasteiger partial charge on any atom is 0.241 e. The Morgan fingerprint density at radius 2 is 2.00 bits per heavy atom. The van der Waals surface area contributed by atoms with Crippen LogP contribution in [0.15, 0.2) is 41.4 Å². The van der Waals surface area contributed by atoms with Crippen LogP contribution in [0, 0.1) is 5.92 Å². The summed E-state index contributed by atoms with van der Waals surface area (Å²) in [5.74, 6) is 0.271. The lowest BCUT2D eigenvalue weighted by atomic mass is 10.2. The van der Waals surface area contributed by atoms with Gasteiger partial charge in [0, 0.05) is 18.1 Å². The maximum absolute atomic E-state index is 12.2. The van der Waals surface area contributed by atoms with Gasteiger partial charge in [-0.3, -0.25) is 4.98 Å². The Balaban J connectivity index is 2.47. The minimum atomic E-state index is -3.47. The third kappa shape index (κ3) is 2.68. The largest absolute Gasteiger partial charge is 0.256 e. The highest BCUT2D eigenvalue weighted by Crippen LogP contribution is 2.20. The predicted octanol–water partition coefficient (Wildman–Crippen LogP) is 2.17. The van der Waals surface area contributed by atoms with Crippen LogP contribution in [-0.4, -0.2) is 19.9 Å². The van der Waals surface area contributed by atoms with E-state index in [0.29, 0.717) is 17.4 Å². The summed E-state index contributed by atoms with van der Waals surface area (Å²) in [7, 11) is -3.47. The topological polar surface area (TPSA) is 59.1 Å². The first-order valence-electron chi connectivity index (χ1n) is 5.84. The van der Waals surface area contributed by atoms with Gasteiger partial charge in [-0.2, -0.15) is 0 Å². The van der Waals surface area contributed by atoms with Crippen molar-refractivity contribution in [3.05, 3.63) is 36.5 Å². The first-order valence-corrected chi connectivity index (χ1v) is 7.32. The second kappa shape index (κ2) is 5.04. The number of benzene rings is 1. The summed E-state index contributed by atoms with van der Waals surface area (Å²) in [5, 5.41) is 0.649. The molecule has 0 saturated heterocycles. The van der Waals surface area contributed by atoms with Crippen molar-refractivity contribution in [1.29, 1.82) is 0 Å². The predicted molar refractivity (Wildman–Crippen MR) is 71.8 cm³/mol. The van der Waals surface area contributed by atoms with Gasteiger partial charge in [0.15, 0.2) is 0 Å². The van der Waals surface area contributed by atoms with Crippen molar-refractivity contribution in [2.75, 3.05) is 6.54 Å². The molecular formula is C13H16N2O2S. The van der Waals surface area contributed by atoms with Gasteiger partial charge in [-0.1, -0.05) is 19.9 Å². The Bertz CT molecular complexity index is 646. The Kier molecular flexibility index (Phi) is 3.63. The van der Waals surface area contributed by atoms with Crippen LogP contribution < -0.4 is 4.72 Å². The summed E-state index contributed by atoms with van der Waals surface area (Å²) in [6.07, 6.45) is 1.65. The van der Waals surface area contributed by atoms with Crippen LogP contribution in [0.25, 0.3) is 10.9 Å². The van der Waals surface area contributed by atoms with Gasteiger partial charge < -0.3 is 0 Å². The molecule has 0 bridgehead atoms. The first kappa shape index (κ1) is 13.0. The third-order valence-corrected chi connectivity index (χ3v) is 4.06. The number of hydrogen-bond acceptors (Lipinski definition) is 3. The third-order valence-electron chi connectivity index (χ3n) is 2.58. The maximum atomic E-state index is 12.2. The molecule has 0 aliphatic carbocycles. The average molecular weight is 264 g/mol. The SMILES string of the molecule is CC(C)CNS(=O)(=O)c1cccc2ncccc12. The van der Waals surface area contributed by atoms with Crippen molar-refractivity contribution in [3.8, 4) is 0 Å². The van der Waals surface area contributed by atoms with Gasteiger partial charge in [-0.05, 0) is 30.2 Å². The van der Waals surface area contributed by atoms with E-state index in [2.05, 4.69) is 9.71 Å². The molecule has 96 valence electrons. The second-order valence-electron chi connectivity index (χ2n) is 4.57. The van der Waals surface area contributed by atoms with Crippen LogP contribution >= 0.6 is 0 Å². The van der Waals surface area contributed by atoms with Gasteiger partial charge in [-0.25, -0.2) is 13.1 Å². The number of rotatable bonds is 4. The highest BCUT2D eigenvalue weighted by molar-refractivity contribution is 7.89. The van der Waals surface area contributed by atoms with Crippen LogP contribution in [0.1, 0.15) is 13.8 Å². The van der Waals surface area contributed by atoms with Crippen molar-refractivity contribution in [2.24, 2.45) is 5.92 Å². The van der Waals surface area contributed by atoms with Gasteiger partial charge in [0.2, 0.25) is 10.0 Å². The van der Waals surface area contributed by atoms with Crippen molar-refractivity contribution in [1.82, 2.24) is 9.71 Å². The molecule has 0 radical (unpaired) electrons. The van der Waals surface area contributed by atoms with Gasteiger partial charge in [0.05, 0.1) is 10.4 Å². The molecule has 0 unspecified atom stereocenters. The van der Waals surface area contributed by atoms with Crippen LogP contribution in [0.2, 0.25) is 0 Å². The molecule has 2 aromatic rings. The smallest absolute Gasteiger partial charge is 0.241 e. The molecule has 4 nitrogen and oxygen atoms in total. The second-order valence-corrected chi connectivity index (χ2v) is 6.31. The van der Waals surface area contributed by atoms with E-state index in [9.17, 15) is 8.42 Å². The molecular weight excluding hydrogens is 248 g/mol. The van der Waals surface area contributed by atoms with Crippen LogP contribution in [0.4, 0.5) is 0 Å². The monoisotopic (exact) mass is 264 g/mol. The van der Waals surface area contributed by atoms with E-state index >= 15 is 0 Å². The number of nitrogens with one attached hydrogen (secondary N) is 1. The lowest BCUT2D eigenvalue weighted by Gasteiger charge is -2.10. The molecule has 0 spiro atoms. The molecule has 0 saturated carbocycles. The highest BCUT2D eigenvalue weighted by Gasteiger charge is 2.17. The van der Waals surface area contributed by atoms with E-state index < -0.39 is 10.0 Å². The Morgan fingerprint density at radius 3 is 2.72 bits per heavy atom. The molecule has 0 aliphatic heterocycles. The van der Waals surface area contributed by atoms with Crippen molar-refractivity contribution in [3.63, 3.8) is 0 Å². The first-order chi connectivity index (χ1) is 8.50. The van der Waals surface area contributed by atoms with Crippen molar-refractivity contribution < 1.29 is 8.42 Å². The van der Waals surface area contributed by atoms with Gasteiger partial charge >= 0.3 is 0 Å². The lowest BCUT2D eigenvalue weighted by molar-refractivity contribution is 0.561. The average Bonchev–Trinajstić information content (AvgIpc) is 2.36. The van der Waals surface area contributed by atoms with E-state index in [1.54, 1.807) is 36.5 Å². The highest BCUT2D eigenvalue weighted by atomic mass is 32.2. The molecule has 0 atom stereocenters. The summed E-state index contributed by atoms with van der Waals surface area (Å²) in [6.45, 7) is 4.36. The molecule has 0 fully saturated rings. The fraction of sp³-hybridized carbons (Fsp3) is 0.308. The minimum absolute atomic E-state index is 0.271. The standard InChI is InChI=1S/C13H16N2O2S/c1-10(2)9-15-18(16,17)13-7-3-6-12-11(13)5-4-8-14-12/h3-8,10,15H,9H2,1-2H3. The minimum Gasteiger partial charge on any atom is -0.256 e. The zero-order valence-electron chi connectivity index (χ0n) is 10.4. The van der Waals surface area contributed by atoms with Crippen molar-refractivity contribution in [2.45, 2.75) is 18.7 Å². The normalized spacial score (nSPS) is 12.2. The van der Waals surface area contributed by atoms with E-state index in [1.807, 2.05) is 13.8 Å². The van der Waals surface area contributed by atoms with Crippen molar-refractivity contribution >= 4 is 20.9 Å². The molecule has 18 heavy (non-hydrogen) atoms. The molecule has 1 N–H and O–H groups in total. The van der Waals surface area contributed by atoms with Crippen LogP contribution in [-0.2, 0) is 10.0 Å². The lowest BCUT2D eigenvalue weighted by Crippen LogP contribution is -2.27. The zero-order chi connectivity index (χ0) is 13.2. The number of sulfonamides is 1. The summed E-state index contributed by atoms with van der Waals surface area (Å²) in [5.41, 5.74) is 0.685. The molecule has 1 aromatic heterocycles. The van der Waals surface area contributed by atoms with Gasteiger partial charge in [0.1, 0.15) is 0 Å². The quantitative estimate of drug-likeness (QED) is 0.920. The molecule has 1 heterocycles. The summed E-state index contributed by atoms with van der Waals surface area (Å²) >= 11 is 0. The summed E-state index contributed by atoms with van der Waals surface area (Å²) in [6, 6.07) is 8.62. The molecule has 2 rings (SSSR count). The fourth-order valence-electron chi connectivity index (χ4n) is 1.66. The van der Waals surface area contributed by atoms with E-state index in [1.165, 1.54) is 0 Å². The Hall–Kier alpha value is -1.46. The number of fused-ring (bicyclic) bond motifs is 1. The molecule has 5 heteroatoms. The molecule has 0 aliphatic rings. The summed E-state index contributed by atoms with van der Waals surface area (Å²) < 4.78 is 27.0. The number of hydrogen-bond donors (Lipinski definition) is 1. The number of pyridine rings is 1. The van der Waals surface area contributed by atoms with Gasteiger partial charge in [0.25, 0.3) is 0 Å². The van der Waals surface area contributed by atoms with Crippen LogP contribution in [0.5, 0.6) is 0 Å². The van der Waals surface area contributed by atoms with Crippen LogP contribution in [0.3, 0.4) is 0 Å². The number of aromatic nitrogens is 1. The van der Waals surface area contributed by atoms with E-state index in [4.69, 9.17) is 0 Å². The Morgan fingerprint density at radius 1 is 1.22 bits per heavy atom. The van der Waals surface area contributed by atoms with E-state index in [-0.39, 0.29) is 10.8 Å². The number of nitrogens with zero attached hydrogens (tertiary/aromatic N) is 1.